The van der Waals surface area contributed by atoms with E-state index in [-0.39, 0.29) is 5.91 Å². The van der Waals surface area contributed by atoms with Crippen LogP contribution >= 0.6 is 0 Å². The number of nitrogens with one attached hydrogen (secondary N) is 1. The van der Waals surface area contributed by atoms with Crippen molar-refractivity contribution < 1.29 is 19.0 Å². The second-order valence-corrected chi connectivity index (χ2v) is 7.68. The van der Waals surface area contributed by atoms with E-state index in [1.165, 1.54) is 0 Å². The van der Waals surface area contributed by atoms with Crippen LogP contribution in [0.1, 0.15) is 41.6 Å². The van der Waals surface area contributed by atoms with Crippen molar-refractivity contribution in [3.8, 4) is 17.2 Å². The van der Waals surface area contributed by atoms with Crippen LogP contribution in [0.15, 0.2) is 54.9 Å². The molecule has 31 heavy (non-hydrogen) atoms. The van der Waals surface area contributed by atoms with Crippen LogP contribution in [0.3, 0.4) is 0 Å². The number of imidazole rings is 1. The molecule has 1 amide bonds. The fourth-order valence-electron chi connectivity index (χ4n) is 3.15. The summed E-state index contributed by atoms with van der Waals surface area (Å²) in [6.45, 7) is 4.75. The molecule has 164 valence electrons. The van der Waals surface area contributed by atoms with Gasteiger partial charge in [-0.2, -0.15) is 0 Å². The van der Waals surface area contributed by atoms with Crippen molar-refractivity contribution in [3.63, 3.8) is 0 Å². The molecule has 0 spiro atoms. The molecule has 7 nitrogen and oxygen atoms in total. The smallest absolute Gasteiger partial charge is 0.252 e. The van der Waals surface area contributed by atoms with Gasteiger partial charge in [0.2, 0.25) is 0 Å². The van der Waals surface area contributed by atoms with E-state index in [0.29, 0.717) is 41.2 Å². The Morgan fingerprint density at radius 1 is 1.06 bits per heavy atom. The lowest BCUT2D eigenvalue weighted by Gasteiger charge is -2.21. The van der Waals surface area contributed by atoms with Crippen molar-refractivity contribution in [2.24, 2.45) is 13.0 Å². The van der Waals surface area contributed by atoms with Crippen molar-refractivity contribution >= 4 is 5.91 Å². The van der Waals surface area contributed by atoms with Crippen LogP contribution in [0.2, 0.25) is 0 Å². The van der Waals surface area contributed by atoms with Gasteiger partial charge in [0.05, 0.1) is 20.8 Å². The number of methoxy groups -OCH3 is 2. The fourth-order valence-corrected chi connectivity index (χ4v) is 3.15. The number of carbonyl (C=O) groups is 1. The number of ether oxygens (including phenoxy) is 3. The largest absolute Gasteiger partial charge is 0.497 e. The van der Waals surface area contributed by atoms with E-state index < -0.39 is 6.04 Å². The highest BCUT2D eigenvalue weighted by atomic mass is 16.5. The average molecular weight is 424 g/mol. The topological polar surface area (TPSA) is 74.6 Å². The highest BCUT2D eigenvalue weighted by Crippen LogP contribution is 2.30. The molecule has 0 saturated carbocycles. The predicted molar refractivity (Wildman–Crippen MR) is 119 cm³/mol. The zero-order valence-corrected chi connectivity index (χ0v) is 18.6. The number of nitrogens with zero attached hydrogens (tertiary/aromatic N) is 2. The first-order chi connectivity index (χ1) is 14.9. The van der Waals surface area contributed by atoms with Gasteiger partial charge in [-0.3, -0.25) is 4.79 Å². The standard InChI is InChI=1S/C24H29N3O4/c1-16(2)15-31-19-8-6-7-17(11-19)24(28)26-22(23-25-9-10-27(23)3)18-12-20(29-4)14-21(13-18)30-5/h6-14,16,22H,15H2,1-5H3,(H,26,28). The molecule has 1 aromatic heterocycles. The number of hydrogen-bond donors (Lipinski definition) is 1. The summed E-state index contributed by atoms with van der Waals surface area (Å²) in [5.41, 5.74) is 1.31. The number of benzene rings is 2. The molecule has 1 atom stereocenters. The average Bonchev–Trinajstić information content (AvgIpc) is 3.21. The van der Waals surface area contributed by atoms with E-state index in [0.717, 1.165) is 5.56 Å². The number of aryl methyl sites for hydroxylation is 1. The lowest BCUT2D eigenvalue weighted by atomic mass is 10.0. The molecule has 7 heteroatoms. The first-order valence-corrected chi connectivity index (χ1v) is 10.1. The Morgan fingerprint density at radius 3 is 2.35 bits per heavy atom. The Bertz CT molecular complexity index is 1010. The second kappa shape index (κ2) is 10.0. The fraction of sp³-hybridized carbons (Fsp3) is 0.333. The van der Waals surface area contributed by atoms with Crippen molar-refractivity contribution in [3.05, 3.63) is 71.8 Å². The molecule has 0 aliphatic rings. The molecule has 2 aromatic carbocycles. The number of carbonyl (C=O) groups excluding carboxylic acids is 1. The first-order valence-electron chi connectivity index (χ1n) is 10.1. The molecule has 0 radical (unpaired) electrons. The van der Waals surface area contributed by atoms with Crippen LogP contribution in [-0.2, 0) is 7.05 Å². The van der Waals surface area contributed by atoms with Crippen molar-refractivity contribution in [2.75, 3.05) is 20.8 Å². The summed E-state index contributed by atoms with van der Waals surface area (Å²) in [7, 11) is 5.07. The second-order valence-electron chi connectivity index (χ2n) is 7.68. The van der Waals surface area contributed by atoms with Gasteiger partial charge in [0.1, 0.15) is 29.1 Å². The molecule has 1 heterocycles. The van der Waals surface area contributed by atoms with Crippen molar-refractivity contribution in [2.45, 2.75) is 19.9 Å². The third-order valence-electron chi connectivity index (χ3n) is 4.78. The Hall–Kier alpha value is -3.48. The molecular formula is C24H29N3O4. The molecule has 3 rings (SSSR count). The number of hydrogen-bond acceptors (Lipinski definition) is 5. The Balaban J connectivity index is 1.93. The summed E-state index contributed by atoms with van der Waals surface area (Å²) in [5, 5.41) is 3.10. The maximum absolute atomic E-state index is 13.2. The lowest BCUT2D eigenvalue weighted by molar-refractivity contribution is 0.0940. The third-order valence-corrected chi connectivity index (χ3v) is 4.78. The van der Waals surface area contributed by atoms with E-state index in [4.69, 9.17) is 14.2 Å². The molecule has 0 bridgehead atoms. The van der Waals surface area contributed by atoms with E-state index in [9.17, 15) is 4.79 Å². The third kappa shape index (κ3) is 5.57. The lowest BCUT2D eigenvalue weighted by Crippen LogP contribution is -2.31. The van der Waals surface area contributed by atoms with Crippen LogP contribution in [0.25, 0.3) is 0 Å². The van der Waals surface area contributed by atoms with E-state index >= 15 is 0 Å². The van der Waals surface area contributed by atoms with Crippen molar-refractivity contribution in [1.82, 2.24) is 14.9 Å². The first kappa shape index (κ1) is 22.2. The highest BCUT2D eigenvalue weighted by molar-refractivity contribution is 5.95. The molecule has 1 unspecified atom stereocenters. The van der Waals surface area contributed by atoms with Gasteiger partial charge in [-0.15, -0.1) is 0 Å². The minimum Gasteiger partial charge on any atom is -0.497 e. The summed E-state index contributed by atoms with van der Waals surface area (Å²) in [6, 6.07) is 12.2. The quantitative estimate of drug-likeness (QED) is 0.563. The molecule has 3 aromatic rings. The van der Waals surface area contributed by atoms with Gasteiger partial charge in [-0.05, 0) is 41.8 Å². The maximum atomic E-state index is 13.2. The SMILES string of the molecule is COc1cc(OC)cc(C(NC(=O)c2cccc(OCC(C)C)c2)c2nccn2C)c1. The van der Waals surface area contributed by atoms with Gasteiger partial charge in [-0.1, -0.05) is 19.9 Å². The van der Waals surface area contributed by atoms with Gasteiger partial charge in [0.25, 0.3) is 5.91 Å². The highest BCUT2D eigenvalue weighted by Gasteiger charge is 2.23. The zero-order valence-electron chi connectivity index (χ0n) is 18.6. The zero-order chi connectivity index (χ0) is 22.4. The molecule has 0 fully saturated rings. The Kier molecular flexibility index (Phi) is 7.18. The van der Waals surface area contributed by atoms with E-state index in [1.54, 1.807) is 38.6 Å². The monoisotopic (exact) mass is 423 g/mol. The number of amides is 1. The molecule has 0 aliphatic carbocycles. The normalized spacial score (nSPS) is 11.8. The van der Waals surface area contributed by atoms with Crippen LogP contribution in [0, 0.1) is 5.92 Å². The maximum Gasteiger partial charge on any atom is 0.252 e. The number of aromatic nitrogens is 2. The van der Waals surface area contributed by atoms with Crippen LogP contribution in [-0.4, -0.2) is 36.3 Å². The van der Waals surface area contributed by atoms with Gasteiger partial charge in [-0.25, -0.2) is 4.98 Å². The summed E-state index contributed by atoms with van der Waals surface area (Å²) in [4.78, 5) is 17.6. The summed E-state index contributed by atoms with van der Waals surface area (Å²) in [5.74, 6) is 2.78. The van der Waals surface area contributed by atoms with Crippen molar-refractivity contribution in [1.29, 1.82) is 0 Å². The number of rotatable bonds is 9. The molecule has 0 aliphatic heterocycles. The van der Waals surface area contributed by atoms with E-state index in [1.807, 2.05) is 42.1 Å². The summed E-state index contributed by atoms with van der Waals surface area (Å²) >= 11 is 0. The van der Waals surface area contributed by atoms with E-state index in [2.05, 4.69) is 24.1 Å². The summed E-state index contributed by atoms with van der Waals surface area (Å²) < 4.78 is 18.5. The van der Waals surface area contributed by atoms with Crippen LogP contribution in [0.5, 0.6) is 17.2 Å². The van der Waals surface area contributed by atoms with Crippen LogP contribution in [0.4, 0.5) is 0 Å². The molecule has 0 saturated heterocycles. The predicted octanol–water partition coefficient (Wildman–Crippen LogP) is 3.99. The summed E-state index contributed by atoms with van der Waals surface area (Å²) in [6.07, 6.45) is 3.54. The Morgan fingerprint density at radius 2 is 1.77 bits per heavy atom. The minimum atomic E-state index is -0.503. The van der Waals surface area contributed by atoms with Gasteiger partial charge < -0.3 is 24.1 Å². The van der Waals surface area contributed by atoms with Gasteiger partial charge in [0, 0.05) is 31.1 Å². The van der Waals surface area contributed by atoms with Crippen LogP contribution < -0.4 is 19.5 Å². The minimum absolute atomic E-state index is 0.232. The van der Waals surface area contributed by atoms with Gasteiger partial charge >= 0.3 is 0 Å². The Labute approximate surface area is 183 Å². The van der Waals surface area contributed by atoms with Gasteiger partial charge in [0.15, 0.2) is 0 Å². The molecular weight excluding hydrogens is 394 g/mol. The molecule has 1 N–H and O–H groups in total.